The zero-order valence-electron chi connectivity index (χ0n) is 10.3. The van der Waals surface area contributed by atoms with Gasteiger partial charge in [-0.25, -0.2) is 9.71 Å². The Labute approximate surface area is 118 Å². The Balaban J connectivity index is 2.03. The highest BCUT2D eigenvalue weighted by atomic mass is 32.2. The molecule has 10 nitrogen and oxygen atoms in total. The first-order chi connectivity index (χ1) is 9.85. The number of H-pyrrole nitrogens is 1. The maximum Gasteiger partial charge on any atom is 0.345 e. The van der Waals surface area contributed by atoms with Crippen LogP contribution in [0.25, 0.3) is 11.4 Å². The molecule has 0 atom stereocenters. The van der Waals surface area contributed by atoms with Crippen molar-refractivity contribution in [3.8, 4) is 11.4 Å². The maximum absolute atomic E-state index is 11.4. The SMILES string of the molecule is NC1=NS(=O)(=O)Nc2nc(-c3ccc([N+](=O)[O-])cc3)[nH]c21. The van der Waals surface area contributed by atoms with Gasteiger partial charge in [0.15, 0.2) is 11.7 Å². The summed E-state index contributed by atoms with van der Waals surface area (Å²) in [6.07, 6.45) is 0. The van der Waals surface area contributed by atoms with E-state index in [1.807, 2.05) is 0 Å². The summed E-state index contributed by atoms with van der Waals surface area (Å²) in [7, 11) is -3.89. The molecule has 0 fully saturated rings. The number of hydrogen-bond donors (Lipinski definition) is 3. The van der Waals surface area contributed by atoms with Crippen LogP contribution in [0.4, 0.5) is 11.5 Å². The highest BCUT2D eigenvalue weighted by molar-refractivity contribution is 7.91. The molecule has 1 aliphatic heterocycles. The molecule has 0 aliphatic carbocycles. The van der Waals surface area contributed by atoms with Crippen molar-refractivity contribution in [2.45, 2.75) is 0 Å². The number of non-ortho nitro benzene ring substituents is 1. The number of aromatic amines is 1. The van der Waals surface area contributed by atoms with Crippen LogP contribution in [0.1, 0.15) is 5.69 Å². The lowest BCUT2D eigenvalue weighted by Gasteiger charge is -2.08. The maximum atomic E-state index is 11.4. The van der Waals surface area contributed by atoms with Gasteiger partial charge in [-0.3, -0.25) is 10.1 Å². The van der Waals surface area contributed by atoms with Crippen LogP contribution in [0, 0.1) is 10.1 Å². The molecule has 0 bridgehead atoms. The third kappa shape index (κ3) is 2.29. The van der Waals surface area contributed by atoms with E-state index < -0.39 is 15.1 Å². The van der Waals surface area contributed by atoms with Gasteiger partial charge in [-0.05, 0) is 12.1 Å². The first-order valence-electron chi connectivity index (χ1n) is 5.59. The average molecular weight is 308 g/mol. The van der Waals surface area contributed by atoms with Crippen LogP contribution in [0.3, 0.4) is 0 Å². The van der Waals surface area contributed by atoms with Gasteiger partial charge in [-0.1, -0.05) is 0 Å². The molecule has 1 aromatic heterocycles. The van der Waals surface area contributed by atoms with Gasteiger partial charge in [0, 0.05) is 17.7 Å². The van der Waals surface area contributed by atoms with Gasteiger partial charge in [-0.15, -0.1) is 4.40 Å². The van der Waals surface area contributed by atoms with Crippen molar-refractivity contribution >= 4 is 27.6 Å². The Kier molecular flexibility index (Phi) is 2.66. The molecule has 0 radical (unpaired) electrons. The third-order valence-corrected chi connectivity index (χ3v) is 3.64. The molecule has 2 heterocycles. The molecule has 108 valence electrons. The van der Waals surface area contributed by atoms with E-state index in [2.05, 4.69) is 19.1 Å². The monoisotopic (exact) mass is 308 g/mol. The first-order valence-corrected chi connectivity index (χ1v) is 7.03. The zero-order chi connectivity index (χ0) is 15.2. The summed E-state index contributed by atoms with van der Waals surface area (Å²) in [6, 6.07) is 5.62. The Hall–Kier alpha value is -2.95. The Bertz CT molecular complexity index is 867. The quantitative estimate of drug-likeness (QED) is 0.537. The number of aromatic nitrogens is 2. The van der Waals surface area contributed by atoms with Crippen LogP contribution >= 0.6 is 0 Å². The van der Waals surface area contributed by atoms with Gasteiger partial charge < -0.3 is 10.7 Å². The van der Waals surface area contributed by atoms with Crippen LogP contribution in [-0.4, -0.2) is 29.1 Å². The minimum Gasteiger partial charge on any atom is -0.381 e. The molecular formula is C10H8N6O4S. The lowest BCUT2D eigenvalue weighted by Crippen LogP contribution is -2.26. The average Bonchev–Trinajstić information content (AvgIpc) is 2.81. The van der Waals surface area contributed by atoms with E-state index in [1.165, 1.54) is 24.3 Å². The van der Waals surface area contributed by atoms with Gasteiger partial charge in [0.1, 0.15) is 11.5 Å². The molecule has 0 spiro atoms. The smallest absolute Gasteiger partial charge is 0.345 e. The van der Waals surface area contributed by atoms with E-state index in [0.717, 1.165) is 0 Å². The van der Waals surface area contributed by atoms with Crippen molar-refractivity contribution in [2.75, 3.05) is 4.72 Å². The van der Waals surface area contributed by atoms with Crippen molar-refractivity contribution in [3.63, 3.8) is 0 Å². The summed E-state index contributed by atoms with van der Waals surface area (Å²) >= 11 is 0. The second-order valence-electron chi connectivity index (χ2n) is 4.17. The van der Waals surface area contributed by atoms with Crippen LogP contribution in [-0.2, 0) is 10.2 Å². The predicted molar refractivity (Wildman–Crippen MR) is 73.9 cm³/mol. The number of fused-ring (bicyclic) bond motifs is 1. The van der Waals surface area contributed by atoms with E-state index in [-0.39, 0.29) is 23.0 Å². The molecule has 0 unspecified atom stereocenters. The third-order valence-electron chi connectivity index (χ3n) is 2.76. The fourth-order valence-electron chi connectivity index (χ4n) is 1.83. The lowest BCUT2D eigenvalue weighted by atomic mass is 10.2. The summed E-state index contributed by atoms with van der Waals surface area (Å²) in [5, 5.41) is 10.6. The number of nitro groups is 1. The topological polar surface area (TPSA) is 156 Å². The van der Waals surface area contributed by atoms with E-state index in [9.17, 15) is 18.5 Å². The number of nitrogens with one attached hydrogen (secondary N) is 2. The fourth-order valence-corrected chi connectivity index (χ4v) is 2.62. The summed E-state index contributed by atoms with van der Waals surface area (Å²) < 4.78 is 28.2. The Morgan fingerprint density at radius 1 is 1.24 bits per heavy atom. The molecule has 1 aliphatic rings. The molecule has 11 heteroatoms. The van der Waals surface area contributed by atoms with Crippen molar-refractivity contribution < 1.29 is 13.3 Å². The van der Waals surface area contributed by atoms with Crippen LogP contribution in [0.2, 0.25) is 0 Å². The van der Waals surface area contributed by atoms with Gasteiger partial charge in [-0.2, -0.15) is 8.42 Å². The minimum absolute atomic E-state index is 0.0378. The number of nitro benzene ring substituents is 1. The van der Waals surface area contributed by atoms with Gasteiger partial charge in [0.2, 0.25) is 0 Å². The van der Waals surface area contributed by atoms with Crippen LogP contribution in [0.5, 0.6) is 0 Å². The predicted octanol–water partition coefficient (Wildman–Crippen LogP) is 0.361. The molecule has 2 aromatic rings. The second-order valence-corrected chi connectivity index (χ2v) is 5.50. The number of anilines is 1. The largest absolute Gasteiger partial charge is 0.381 e. The van der Waals surface area contributed by atoms with E-state index in [0.29, 0.717) is 11.4 Å². The highest BCUT2D eigenvalue weighted by Crippen LogP contribution is 2.26. The number of nitrogens with zero attached hydrogens (tertiary/aromatic N) is 3. The number of hydrogen-bond acceptors (Lipinski definition) is 6. The summed E-state index contributed by atoms with van der Waals surface area (Å²) in [6.45, 7) is 0. The molecule has 1 aromatic carbocycles. The number of rotatable bonds is 2. The molecule has 21 heavy (non-hydrogen) atoms. The van der Waals surface area contributed by atoms with Gasteiger partial charge in [0.05, 0.1) is 4.92 Å². The van der Waals surface area contributed by atoms with Crippen molar-refractivity contribution in [2.24, 2.45) is 10.1 Å². The van der Waals surface area contributed by atoms with Crippen LogP contribution in [0.15, 0.2) is 28.7 Å². The second kappa shape index (κ2) is 4.28. The fraction of sp³-hybridized carbons (Fsp3) is 0. The molecule has 4 N–H and O–H groups in total. The molecule has 0 saturated heterocycles. The van der Waals surface area contributed by atoms with Gasteiger partial charge >= 0.3 is 10.2 Å². The van der Waals surface area contributed by atoms with E-state index >= 15 is 0 Å². The standard InChI is InChI=1S/C10H8N6O4S/c11-8-7-10(15-21(19,20)14-8)13-9(12-7)5-1-3-6(4-2-5)16(17)18/h1-4,15H,(H2,11,14)(H,12,13). The van der Waals surface area contributed by atoms with Crippen molar-refractivity contribution in [1.82, 2.24) is 9.97 Å². The number of imidazole rings is 1. The summed E-state index contributed by atoms with van der Waals surface area (Å²) in [4.78, 5) is 17.0. The van der Waals surface area contributed by atoms with Gasteiger partial charge in [0.25, 0.3) is 5.69 Å². The Morgan fingerprint density at radius 2 is 1.90 bits per heavy atom. The van der Waals surface area contributed by atoms with Crippen LogP contribution < -0.4 is 10.5 Å². The Morgan fingerprint density at radius 3 is 2.52 bits per heavy atom. The summed E-state index contributed by atoms with van der Waals surface area (Å²) in [5.41, 5.74) is 6.28. The normalized spacial score (nSPS) is 15.7. The molecule has 0 saturated carbocycles. The zero-order valence-corrected chi connectivity index (χ0v) is 11.1. The first kappa shape index (κ1) is 13.1. The lowest BCUT2D eigenvalue weighted by molar-refractivity contribution is -0.384. The van der Waals surface area contributed by atoms with E-state index in [4.69, 9.17) is 5.73 Å². The van der Waals surface area contributed by atoms with Crippen molar-refractivity contribution in [1.29, 1.82) is 0 Å². The van der Waals surface area contributed by atoms with E-state index in [1.54, 1.807) is 0 Å². The summed E-state index contributed by atoms with van der Waals surface area (Å²) in [5.74, 6) is 0.151. The highest BCUT2D eigenvalue weighted by Gasteiger charge is 2.25. The number of benzene rings is 1. The molecule has 3 rings (SSSR count). The molecule has 0 amide bonds. The van der Waals surface area contributed by atoms with Crippen molar-refractivity contribution in [3.05, 3.63) is 40.1 Å². The minimum atomic E-state index is -3.89. The number of amidine groups is 1. The number of nitrogens with two attached hydrogens (primary N) is 1. The molecular weight excluding hydrogens is 300 g/mol.